The van der Waals surface area contributed by atoms with E-state index in [1.807, 2.05) is 60.7 Å². The molecular weight excluding hydrogens is 597 g/mol. The average molecular weight is 619 g/mol. The smallest absolute Gasteiger partial charge is 0.123 e. The van der Waals surface area contributed by atoms with Gasteiger partial charge in [-0.25, -0.2) is 0 Å². The standard InChI is InChI=1S/C18H12NO.C12H10N.Ir/c1-12-6-4-7-13-14-8-5-9-15(18(14)20-17(12)13)16-10-2-3-11-19-16;1-10-5-7-11(8-6-10)12-4-2-3-9-13-12;/h2-8,10-11H,1H3;2-7,9H,1H3;/q2*-1;. The topological polar surface area (TPSA) is 38.9 Å². The second kappa shape index (κ2) is 10.6. The molecule has 0 saturated heterocycles. The van der Waals surface area contributed by atoms with Gasteiger partial charge in [-0.1, -0.05) is 60.3 Å². The summed E-state index contributed by atoms with van der Waals surface area (Å²) >= 11 is 0. The van der Waals surface area contributed by atoms with Crippen molar-refractivity contribution in [1.29, 1.82) is 0 Å². The van der Waals surface area contributed by atoms with Crippen LogP contribution in [0.4, 0.5) is 0 Å². The number of benzene rings is 3. The molecule has 0 amide bonds. The molecule has 0 unspecified atom stereocenters. The molecule has 0 aliphatic carbocycles. The van der Waals surface area contributed by atoms with E-state index in [0.717, 1.165) is 50.0 Å². The van der Waals surface area contributed by atoms with Crippen molar-refractivity contribution in [2.75, 3.05) is 0 Å². The molecule has 0 spiro atoms. The van der Waals surface area contributed by atoms with E-state index in [-0.39, 0.29) is 20.1 Å². The molecule has 4 heteroatoms. The normalized spacial score (nSPS) is 10.4. The van der Waals surface area contributed by atoms with Crippen LogP contribution < -0.4 is 0 Å². The third-order valence-corrected chi connectivity index (χ3v) is 5.49. The predicted octanol–water partition coefficient (Wildman–Crippen LogP) is 7.61. The van der Waals surface area contributed by atoms with Gasteiger partial charge < -0.3 is 14.4 Å². The van der Waals surface area contributed by atoms with Crippen LogP contribution in [0.3, 0.4) is 0 Å². The number of hydrogen-bond donors (Lipinski definition) is 0. The first kappa shape index (κ1) is 23.6. The van der Waals surface area contributed by atoms with Crippen LogP contribution in [-0.2, 0) is 20.1 Å². The number of fused-ring (bicyclic) bond motifs is 3. The second-order valence-corrected chi connectivity index (χ2v) is 7.86. The Morgan fingerprint density at radius 2 is 1.41 bits per heavy atom. The summed E-state index contributed by atoms with van der Waals surface area (Å²) in [6, 6.07) is 34.5. The van der Waals surface area contributed by atoms with E-state index in [1.165, 1.54) is 5.56 Å². The molecule has 169 valence electrons. The molecule has 34 heavy (non-hydrogen) atoms. The van der Waals surface area contributed by atoms with Crippen LogP contribution >= 0.6 is 0 Å². The maximum atomic E-state index is 6.10. The van der Waals surface area contributed by atoms with Gasteiger partial charge in [-0.05, 0) is 36.0 Å². The molecule has 3 heterocycles. The van der Waals surface area contributed by atoms with Crippen LogP contribution in [0.15, 0.2) is 102 Å². The molecule has 0 aliphatic rings. The summed E-state index contributed by atoms with van der Waals surface area (Å²) in [6.45, 7) is 4.12. The van der Waals surface area contributed by atoms with Crippen LogP contribution in [0.25, 0.3) is 44.5 Å². The van der Waals surface area contributed by atoms with Gasteiger partial charge in [0.05, 0.1) is 5.58 Å². The van der Waals surface area contributed by atoms with Crippen molar-refractivity contribution in [3.63, 3.8) is 0 Å². The first-order valence-electron chi connectivity index (χ1n) is 10.8. The molecular formula is C30H22IrN2O-2. The third kappa shape index (κ3) is 4.84. The summed E-state index contributed by atoms with van der Waals surface area (Å²) in [5, 5.41) is 2.26. The number of aromatic nitrogens is 2. The first-order valence-corrected chi connectivity index (χ1v) is 10.8. The monoisotopic (exact) mass is 619 g/mol. The Hall–Kier alpha value is -3.59. The van der Waals surface area contributed by atoms with Gasteiger partial charge in [-0.15, -0.1) is 53.6 Å². The zero-order valence-corrected chi connectivity index (χ0v) is 21.3. The van der Waals surface area contributed by atoms with E-state index < -0.39 is 0 Å². The van der Waals surface area contributed by atoms with E-state index in [4.69, 9.17) is 4.42 Å². The Kier molecular flexibility index (Phi) is 7.32. The van der Waals surface area contributed by atoms with E-state index in [9.17, 15) is 0 Å². The number of rotatable bonds is 2. The van der Waals surface area contributed by atoms with Crippen LogP contribution in [0.2, 0.25) is 0 Å². The van der Waals surface area contributed by atoms with E-state index in [1.54, 1.807) is 12.4 Å². The van der Waals surface area contributed by atoms with Crippen molar-refractivity contribution in [3.05, 3.63) is 121 Å². The van der Waals surface area contributed by atoms with Crippen molar-refractivity contribution in [3.8, 4) is 22.5 Å². The molecule has 0 aliphatic heterocycles. The van der Waals surface area contributed by atoms with Crippen LogP contribution in [0.1, 0.15) is 11.1 Å². The average Bonchev–Trinajstić information content (AvgIpc) is 3.26. The molecule has 3 aromatic carbocycles. The molecule has 6 rings (SSSR count). The van der Waals surface area contributed by atoms with Crippen LogP contribution in [0, 0.1) is 26.0 Å². The number of furan rings is 1. The summed E-state index contributed by atoms with van der Waals surface area (Å²) in [5.41, 5.74) is 7.99. The van der Waals surface area contributed by atoms with E-state index in [2.05, 4.69) is 60.2 Å². The largest absolute Gasteiger partial charge is 0.500 e. The molecule has 0 atom stereocenters. The Bertz CT molecular complexity index is 1510. The van der Waals surface area contributed by atoms with Crippen molar-refractivity contribution in [1.82, 2.24) is 9.97 Å². The van der Waals surface area contributed by atoms with Crippen LogP contribution in [-0.4, -0.2) is 9.97 Å². The molecule has 3 nitrogen and oxygen atoms in total. The van der Waals surface area contributed by atoms with Gasteiger partial charge in [-0.2, -0.15) is 0 Å². The Morgan fingerprint density at radius 1 is 0.676 bits per heavy atom. The zero-order valence-electron chi connectivity index (χ0n) is 18.9. The third-order valence-electron chi connectivity index (χ3n) is 5.49. The van der Waals surface area contributed by atoms with E-state index >= 15 is 0 Å². The van der Waals surface area contributed by atoms with Gasteiger partial charge in [0.1, 0.15) is 5.58 Å². The number of nitrogens with zero attached hydrogens (tertiary/aromatic N) is 2. The minimum atomic E-state index is 0. The van der Waals surface area contributed by atoms with Gasteiger partial charge in [0.15, 0.2) is 0 Å². The van der Waals surface area contributed by atoms with E-state index in [0.29, 0.717) is 0 Å². The number of para-hydroxylation sites is 1. The summed E-state index contributed by atoms with van der Waals surface area (Å²) in [7, 11) is 0. The van der Waals surface area contributed by atoms with Gasteiger partial charge in [0.25, 0.3) is 0 Å². The summed E-state index contributed by atoms with van der Waals surface area (Å²) in [6.07, 6.45) is 3.58. The first-order chi connectivity index (χ1) is 16.2. The van der Waals surface area contributed by atoms with Crippen molar-refractivity contribution >= 4 is 21.9 Å². The quantitative estimate of drug-likeness (QED) is 0.188. The van der Waals surface area contributed by atoms with Gasteiger partial charge >= 0.3 is 0 Å². The predicted molar refractivity (Wildman–Crippen MR) is 134 cm³/mol. The van der Waals surface area contributed by atoms with Crippen LogP contribution in [0.5, 0.6) is 0 Å². The minimum Gasteiger partial charge on any atom is -0.500 e. The fraction of sp³-hybridized carbons (Fsp3) is 0.0667. The Morgan fingerprint density at radius 3 is 2.09 bits per heavy atom. The summed E-state index contributed by atoms with van der Waals surface area (Å²) < 4.78 is 6.10. The molecule has 0 fully saturated rings. The molecule has 1 radical (unpaired) electrons. The molecule has 0 bridgehead atoms. The Labute approximate surface area is 212 Å². The fourth-order valence-corrected chi connectivity index (χ4v) is 3.79. The number of aryl methyl sites for hydroxylation is 2. The maximum Gasteiger partial charge on any atom is 0.123 e. The van der Waals surface area contributed by atoms with Crippen molar-refractivity contribution in [2.45, 2.75) is 13.8 Å². The molecule has 6 aromatic rings. The molecule has 0 saturated carbocycles. The maximum absolute atomic E-state index is 6.10. The second-order valence-electron chi connectivity index (χ2n) is 7.86. The van der Waals surface area contributed by atoms with Gasteiger partial charge in [-0.3, -0.25) is 0 Å². The zero-order chi connectivity index (χ0) is 22.6. The minimum absolute atomic E-state index is 0. The van der Waals surface area contributed by atoms with Gasteiger partial charge in [0, 0.05) is 37.9 Å². The molecule has 0 N–H and O–H groups in total. The summed E-state index contributed by atoms with van der Waals surface area (Å²) in [4.78, 5) is 8.65. The summed E-state index contributed by atoms with van der Waals surface area (Å²) in [5.74, 6) is 0. The SMILES string of the molecule is Cc1c[c-]c(-c2ccccn2)cc1.Cc1cccc2c1oc1c(-c3ccccn3)[c-]ccc12.[Ir]. The van der Waals surface area contributed by atoms with Crippen molar-refractivity contribution in [2.24, 2.45) is 0 Å². The number of hydrogen-bond acceptors (Lipinski definition) is 3. The van der Waals surface area contributed by atoms with Gasteiger partial charge in [0.2, 0.25) is 0 Å². The number of pyridine rings is 2. The fourth-order valence-electron chi connectivity index (χ4n) is 3.79. The Balaban J connectivity index is 0.000000171. The van der Waals surface area contributed by atoms with Crippen molar-refractivity contribution < 1.29 is 24.5 Å². The molecule has 3 aromatic heterocycles.